The largest absolute Gasteiger partial charge is 0.369 e. The van der Waals surface area contributed by atoms with Crippen LogP contribution in [0.3, 0.4) is 0 Å². The van der Waals surface area contributed by atoms with Crippen molar-refractivity contribution in [1.82, 2.24) is 9.97 Å². The predicted octanol–water partition coefficient (Wildman–Crippen LogP) is 1.49. The molecular weight excluding hydrogens is 318 g/mol. The number of urea groups is 1. The molecule has 2 aliphatic rings. The van der Waals surface area contributed by atoms with E-state index in [9.17, 15) is 9.59 Å². The van der Waals surface area contributed by atoms with E-state index in [2.05, 4.69) is 9.97 Å². The van der Waals surface area contributed by atoms with Gasteiger partial charge in [-0.25, -0.2) is 9.78 Å². The minimum Gasteiger partial charge on any atom is -0.369 e. The molecule has 1 aliphatic carbocycles. The zero-order chi connectivity index (χ0) is 17.6. The fourth-order valence-electron chi connectivity index (χ4n) is 3.50. The highest BCUT2D eigenvalue weighted by Crippen LogP contribution is 2.48. The Labute approximate surface area is 145 Å². The Balaban J connectivity index is 1.72. The number of anilines is 1. The molecule has 0 bridgehead atoms. The number of pyridine rings is 2. The molecular formula is C18H19N5O2. The van der Waals surface area contributed by atoms with E-state index in [4.69, 9.17) is 11.5 Å². The SMILES string of the molecule is NC(=O)N1CCCc2cc(-c3cncc(C4(C(N)=O)CC4)c3)cnc21. The zero-order valence-electron chi connectivity index (χ0n) is 13.7. The van der Waals surface area contributed by atoms with Gasteiger partial charge in [-0.3, -0.25) is 14.7 Å². The van der Waals surface area contributed by atoms with Gasteiger partial charge in [0.05, 0.1) is 5.41 Å². The number of rotatable bonds is 3. The minimum absolute atomic E-state index is 0.299. The second kappa shape index (κ2) is 5.54. The van der Waals surface area contributed by atoms with Gasteiger partial charge < -0.3 is 11.5 Å². The van der Waals surface area contributed by atoms with E-state index in [0.29, 0.717) is 12.4 Å². The van der Waals surface area contributed by atoms with Crippen LogP contribution in [-0.4, -0.2) is 28.5 Å². The Morgan fingerprint density at radius 2 is 1.84 bits per heavy atom. The summed E-state index contributed by atoms with van der Waals surface area (Å²) in [5.41, 5.74) is 14.1. The van der Waals surface area contributed by atoms with Crippen LogP contribution in [0.4, 0.5) is 10.6 Å². The van der Waals surface area contributed by atoms with E-state index in [1.807, 2.05) is 12.1 Å². The topological polar surface area (TPSA) is 115 Å². The maximum Gasteiger partial charge on any atom is 0.320 e. The van der Waals surface area contributed by atoms with Crippen LogP contribution in [0, 0.1) is 0 Å². The van der Waals surface area contributed by atoms with Crippen LogP contribution in [0.15, 0.2) is 30.7 Å². The van der Waals surface area contributed by atoms with Crippen molar-refractivity contribution in [2.45, 2.75) is 31.1 Å². The lowest BCUT2D eigenvalue weighted by molar-refractivity contribution is -0.120. The number of nitrogens with two attached hydrogens (primary N) is 2. The maximum absolute atomic E-state index is 11.8. The van der Waals surface area contributed by atoms with Gasteiger partial charge in [-0.05, 0) is 48.9 Å². The summed E-state index contributed by atoms with van der Waals surface area (Å²) in [5, 5.41) is 0. The number of nitrogens with zero attached hydrogens (tertiary/aromatic N) is 3. The summed E-state index contributed by atoms with van der Waals surface area (Å²) in [7, 11) is 0. The van der Waals surface area contributed by atoms with Crippen molar-refractivity contribution in [3.63, 3.8) is 0 Å². The van der Waals surface area contributed by atoms with Crippen molar-refractivity contribution in [2.75, 3.05) is 11.4 Å². The number of carbonyl (C=O) groups is 2. The molecule has 7 nitrogen and oxygen atoms in total. The number of hydrogen-bond donors (Lipinski definition) is 2. The normalized spacial score (nSPS) is 17.7. The quantitative estimate of drug-likeness (QED) is 0.882. The smallest absolute Gasteiger partial charge is 0.320 e. The molecule has 25 heavy (non-hydrogen) atoms. The molecule has 1 fully saturated rings. The molecule has 2 aromatic heterocycles. The molecule has 3 heterocycles. The van der Waals surface area contributed by atoms with Gasteiger partial charge in [0.25, 0.3) is 0 Å². The van der Waals surface area contributed by atoms with Gasteiger partial charge in [0.1, 0.15) is 5.82 Å². The van der Waals surface area contributed by atoms with Crippen molar-refractivity contribution in [3.8, 4) is 11.1 Å². The molecule has 0 radical (unpaired) electrons. The Bertz CT molecular complexity index is 876. The first kappa shape index (κ1) is 15.6. The highest BCUT2D eigenvalue weighted by Gasteiger charge is 2.50. The molecule has 0 unspecified atom stereocenters. The summed E-state index contributed by atoms with van der Waals surface area (Å²) >= 11 is 0. The number of primary amides is 2. The summed E-state index contributed by atoms with van der Waals surface area (Å²) in [6.07, 6.45) is 8.40. The Morgan fingerprint density at radius 1 is 1.08 bits per heavy atom. The zero-order valence-corrected chi connectivity index (χ0v) is 13.7. The third-order valence-corrected chi connectivity index (χ3v) is 5.14. The standard InChI is InChI=1S/C18H19N5O2/c19-16(24)18(3-4-18)14-7-13(8-21-10-14)12-6-11-2-1-5-23(17(20)25)15(11)22-9-12/h6-10H,1-5H2,(H2,19,24)(H2,20,25). The molecule has 1 saturated carbocycles. The van der Waals surface area contributed by atoms with E-state index < -0.39 is 11.4 Å². The molecule has 1 aliphatic heterocycles. The van der Waals surface area contributed by atoms with Crippen molar-refractivity contribution < 1.29 is 9.59 Å². The van der Waals surface area contributed by atoms with Gasteiger partial charge in [-0.1, -0.05) is 0 Å². The minimum atomic E-state index is -0.562. The van der Waals surface area contributed by atoms with E-state index >= 15 is 0 Å². The second-order valence-electron chi connectivity index (χ2n) is 6.71. The molecule has 4 rings (SSSR count). The summed E-state index contributed by atoms with van der Waals surface area (Å²) in [6, 6.07) is 3.49. The van der Waals surface area contributed by atoms with Crippen LogP contribution < -0.4 is 16.4 Å². The van der Waals surface area contributed by atoms with E-state index in [1.165, 1.54) is 4.90 Å². The lowest BCUT2D eigenvalue weighted by Crippen LogP contribution is -2.40. The summed E-state index contributed by atoms with van der Waals surface area (Å²) in [4.78, 5) is 33.5. The number of carbonyl (C=O) groups excluding carboxylic acids is 2. The highest BCUT2D eigenvalue weighted by atomic mass is 16.2. The number of aryl methyl sites for hydroxylation is 1. The third-order valence-electron chi connectivity index (χ3n) is 5.14. The van der Waals surface area contributed by atoms with Crippen LogP contribution in [0.5, 0.6) is 0 Å². The summed E-state index contributed by atoms with van der Waals surface area (Å²) in [6.45, 7) is 0.590. The molecule has 128 valence electrons. The van der Waals surface area contributed by atoms with Crippen molar-refractivity contribution in [3.05, 3.63) is 41.9 Å². The first-order valence-corrected chi connectivity index (χ1v) is 8.33. The molecule has 4 N–H and O–H groups in total. The number of fused-ring (bicyclic) bond motifs is 1. The number of amides is 3. The average Bonchev–Trinajstić information content (AvgIpc) is 3.43. The Morgan fingerprint density at radius 3 is 2.52 bits per heavy atom. The molecule has 7 heteroatoms. The summed E-state index contributed by atoms with van der Waals surface area (Å²) < 4.78 is 0. The average molecular weight is 337 g/mol. The van der Waals surface area contributed by atoms with Crippen LogP contribution in [0.2, 0.25) is 0 Å². The van der Waals surface area contributed by atoms with E-state index in [1.54, 1.807) is 18.6 Å². The molecule has 0 spiro atoms. The number of aromatic nitrogens is 2. The lowest BCUT2D eigenvalue weighted by atomic mass is 9.94. The van der Waals surface area contributed by atoms with Crippen LogP contribution in [-0.2, 0) is 16.6 Å². The van der Waals surface area contributed by atoms with E-state index in [-0.39, 0.29) is 5.91 Å². The van der Waals surface area contributed by atoms with Crippen LogP contribution in [0.1, 0.15) is 30.4 Å². The van der Waals surface area contributed by atoms with Gasteiger partial charge in [0, 0.05) is 36.3 Å². The predicted molar refractivity (Wildman–Crippen MR) is 92.8 cm³/mol. The fourth-order valence-corrected chi connectivity index (χ4v) is 3.50. The lowest BCUT2D eigenvalue weighted by Gasteiger charge is -2.27. The molecule has 3 amide bonds. The first-order chi connectivity index (χ1) is 12.0. The van der Waals surface area contributed by atoms with Crippen molar-refractivity contribution in [1.29, 1.82) is 0 Å². The maximum atomic E-state index is 11.8. The Kier molecular flexibility index (Phi) is 3.45. The van der Waals surface area contributed by atoms with Crippen molar-refractivity contribution >= 4 is 17.8 Å². The first-order valence-electron chi connectivity index (χ1n) is 8.33. The molecule has 0 atom stereocenters. The van der Waals surface area contributed by atoms with Gasteiger partial charge in [-0.15, -0.1) is 0 Å². The Hall–Kier alpha value is -2.96. The van der Waals surface area contributed by atoms with Crippen molar-refractivity contribution in [2.24, 2.45) is 11.5 Å². The third kappa shape index (κ3) is 2.52. The van der Waals surface area contributed by atoms with E-state index in [0.717, 1.165) is 47.9 Å². The molecule has 0 saturated heterocycles. The van der Waals surface area contributed by atoms with Gasteiger partial charge in [-0.2, -0.15) is 0 Å². The highest BCUT2D eigenvalue weighted by molar-refractivity contribution is 5.91. The molecule has 0 aromatic carbocycles. The van der Waals surface area contributed by atoms with Gasteiger partial charge >= 0.3 is 6.03 Å². The molecule has 2 aromatic rings. The van der Waals surface area contributed by atoms with Gasteiger partial charge in [0.15, 0.2) is 0 Å². The fraction of sp³-hybridized carbons (Fsp3) is 0.333. The monoisotopic (exact) mass is 337 g/mol. The van der Waals surface area contributed by atoms with Crippen LogP contribution >= 0.6 is 0 Å². The summed E-state index contributed by atoms with van der Waals surface area (Å²) in [5.74, 6) is 0.328. The van der Waals surface area contributed by atoms with Gasteiger partial charge in [0.2, 0.25) is 5.91 Å². The number of hydrogen-bond acceptors (Lipinski definition) is 4. The second-order valence-corrected chi connectivity index (χ2v) is 6.71. The van der Waals surface area contributed by atoms with Crippen LogP contribution in [0.25, 0.3) is 11.1 Å².